The second-order valence-corrected chi connectivity index (χ2v) is 8.39. The lowest BCUT2D eigenvalue weighted by atomic mass is 9.86. The Morgan fingerprint density at radius 2 is 1.83 bits per heavy atom. The molecule has 0 aliphatic carbocycles. The SMILES string of the molecule is COc1ccc(C2CCCN2C(=O)COc2ccccc2C(C)(C)C)c(OC)c1. The van der Waals surface area contributed by atoms with Gasteiger partial charge in [-0.1, -0.05) is 39.0 Å². The standard InChI is InChI=1S/C24H31NO4/c1-24(2,3)19-9-6-7-11-21(19)29-16-23(26)25-14-8-10-20(25)18-13-12-17(27-4)15-22(18)28-5/h6-7,9,11-13,15,20H,8,10,14,16H2,1-5H3. The van der Waals surface area contributed by atoms with E-state index in [4.69, 9.17) is 14.2 Å². The number of para-hydroxylation sites is 1. The van der Waals surface area contributed by atoms with Crippen molar-refractivity contribution in [2.75, 3.05) is 27.4 Å². The largest absolute Gasteiger partial charge is 0.497 e. The van der Waals surface area contributed by atoms with Crippen molar-refractivity contribution in [3.8, 4) is 17.2 Å². The van der Waals surface area contributed by atoms with Crippen molar-refractivity contribution < 1.29 is 19.0 Å². The number of likely N-dealkylation sites (tertiary alicyclic amines) is 1. The van der Waals surface area contributed by atoms with E-state index in [0.29, 0.717) is 0 Å². The van der Waals surface area contributed by atoms with Crippen molar-refractivity contribution >= 4 is 5.91 Å². The van der Waals surface area contributed by atoms with Crippen molar-refractivity contribution in [2.45, 2.75) is 45.1 Å². The zero-order valence-corrected chi connectivity index (χ0v) is 18.0. The van der Waals surface area contributed by atoms with Gasteiger partial charge < -0.3 is 19.1 Å². The highest BCUT2D eigenvalue weighted by atomic mass is 16.5. The van der Waals surface area contributed by atoms with Gasteiger partial charge in [-0.2, -0.15) is 0 Å². The predicted octanol–water partition coefficient (Wildman–Crippen LogP) is 4.74. The number of carbonyl (C=O) groups is 1. The number of methoxy groups -OCH3 is 2. The Balaban J connectivity index is 1.75. The maximum atomic E-state index is 13.0. The Bertz CT molecular complexity index is 856. The summed E-state index contributed by atoms with van der Waals surface area (Å²) in [6, 6.07) is 13.7. The molecule has 0 radical (unpaired) electrons. The highest BCUT2D eigenvalue weighted by Crippen LogP contribution is 2.39. The molecule has 2 aromatic rings. The monoisotopic (exact) mass is 397 g/mol. The quantitative estimate of drug-likeness (QED) is 0.706. The van der Waals surface area contributed by atoms with Crippen LogP contribution < -0.4 is 14.2 Å². The zero-order valence-electron chi connectivity index (χ0n) is 18.0. The molecule has 29 heavy (non-hydrogen) atoms. The molecule has 1 amide bonds. The van der Waals surface area contributed by atoms with Crippen LogP contribution in [0.2, 0.25) is 0 Å². The second-order valence-electron chi connectivity index (χ2n) is 8.39. The van der Waals surface area contributed by atoms with Gasteiger partial charge in [0, 0.05) is 18.2 Å². The third kappa shape index (κ3) is 4.66. The average Bonchev–Trinajstić information content (AvgIpc) is 3.20. The van der Waals surface area contributed by atoms with Crippen molar-refractivity contribution in [3.05, 3.63) is 53.6 Å². The van der Waals surface area contributed by atoms with Crippen molar-refractivity contribution in [3.63, 3.8) is 0 Å². The Morgan fingerprint density at radius 1 is 1.07 bits per heavy atom. The first-order valence-corrected chi connectivity index (χ1v) is 10.1. The van der Waals surface area contributed by atoms with Crippen LogP contribution in [0.5, 0.6) is 17.2 Å². The molecule has 0 bridgehead atoms. The summed E-state index contributed by atoms with van der Waals surface area (Å²) in [4.78, 5) is 14.9. The van der Waals surface area contributed by atoms with Crippen LogP contribution >= 0.6 is 0 Å². The Labute approximate surface area is 173 Å². The Hall–Kier alpha value is -2.69. The van der Waals surface area contributed by atoms with Crippen LogP contribution in [0.1, 0.15) is 50.8 Å². The average molecular weight is 398 g/mol. The molecule has 5 heteroatoms. The molecule has 1 fully saturated rings. The van der Waals surface area contributed by atoms with Gasteiger partial charge in [-0.05, 0) is 42.0 Å². The minimum Gasteiger partial charge on any atom is -0.497 e. The summed E-state index contributed by atoms with van der Waals surface area (Å²) in [5.74, 6) is 2.25. The van der Waals surface area contributed by atoms with Crippen LogP contribution in [-0.4, -0.2) is 38.2 Å². The molecule has 5 nitrogen and oxygen atoms in total. The first-order chi connectivity index (χ1) is 13.8. The summed E-state index contributed by atoms with van der Waals surface area (Å²) in [5.41, 5.74) is 2.06. The van der Waals surface area contributed by atoms with Crippen LogP contribution in [0.25, 0.3) is 0 Å². The van der Waals surface area contributed by atoms with Gasteiger partial charge in [0.15, 0.2) is 6.61 Å². The van der Waals surface area contributed by atoms with Crippen LogP contribution in [0.3, 0.4) is 0 Å². The molecule has 1 aliphatic rings. The van der Waals surface area contributed by atoms with E-state index in [1.807, 2.05) is 41.3 Å². The van der Waals surface area contributed by atoms with E-state index >= 15 is 0 Å². The first kappa shape index (κ1) is 21.0. The van der Waals surface area contributed by atoms with Gasteiger partial charge in [0.25, 0.3) is 5.91 Å². The summed E-state index contributed by atoms with van der Waals surface area (Å²) in [6.45, 7) is 7.18. The minimum absolute atomic E-state index is 0.00548. The molecule has 1 aliphatic heterocycles. The van der Waals surface area contributed by atoms with Gasteiger partial charge >= 0.3 is 0 Å². The molecule has 156 valence electrons. The molecule has 1 heterocycles. The van der Waals surface area contributed by atoms with E-state index < -0.39 is 0 Å². The Kier molecular flexibility index (Phi) is 6.36. The zero-order chi connectivity index (χ0) is 21.0. The lowest BCUT2D eigenvalue weighted by Gasteiger charge is -2.27. The van der Waals surface area contributed by atoms with Gasteiger partial charge in [-0.15, -0.1) is 0 Å². The maximum absolute atomic E-state index is 13.0. The van der Waals surface area contributed by atoms with Gasteiger partial charge in [0.05, 0.1) is 20.3 Å². The second kappa shape index (κ2) is 8.76. The van der Waals surface area contributed by atoms with E-state index in [9.17, 15) is 4.79 Å². The van der Waals surface area contributed by atoms with Crippen molar-refractivity contribution in [1.82, 2.24) is 4.90 Å². The first-order valence-electron chi connectivity index (χ1n) is 10.1. The summed E-state index contributed by atoms with van der Waals surface area (Å²) >= 11 is 0. The molecular weight excluding hydrogens is 366 g/mol. The number of hydrogen-bond donors (Lipinski definition) is 0. The summed E-state index contributed by atoms with van der Waals surface area (Å²) in [6.07, 6.45) is 1.87. The van der Waals surface area contributed by atoms with Crippen LogP contribution in [-0.2, 0) is 10.2 Å². The van der Waals surface area contributed by atoms with Crippen molar-refractivity contribution in [1.29, 1.82) is 0 Å². The molecule has 0 saturated carbocycles. The third-order valence-electron chi connectivity index (χ3n) is 5.42. The molecule has 0 N–H and O–H groups in total. The lowest BCUT2D eigenvalue weighted by Crippen LogP contribution is -2.34. The number of ether oxygens (including phenoxy) is 3. The van der Waals surface area contributed by atoms with E-state index in [-0.39, 0.29) is 24.0 Å². The normalized spacial score (nSPS) is 16.6. The highest BCUT2D eigenvalue weighted by Gasteiger charge is 2.32. The molecular formula is C24H31NO4. The van der Waals surface area contributed by atoms with Crippen LogP contribution in [0.15, 0.2) is 42.5 Å². The molecule has 0 spiro atoms. The van der Waals surface area contributed by atoms with E-state index in [1.165, 1.54) is 0 Å². The minimum atomic E-state index is -0.0493. The fraction of sp³-hybridized carbons (Fsp3) is 0.458. The van der Waals surface area contributed by atoms with Gasteiger partial charge in [0.2, 0.25) is 0 Å². The number of hydrogen-bond acceptors (Lipinski definition) is 4. The predicted molar refractivity (Wildman–Crippen MR) is 114 cm³/mol. The molecule has 2 aromatic carbocycles. The summed E-state index contributed by atoms with van der Waals surface area (Å²) in [5, 5.41) is 0. The van der Waals surface area contributed by atoms with Crippen molar-refractivity contribution in [2.24, 2.45) is 0 Å². The number of carbonyl (C=O) groups excluding carboxylic acids is 1. The molecule has 0 aromatic heterocycles. The smallest absolute Gasteiger partial charge is 0.261 e. The topological polar surface area (TPSA) is 48.0 Å². The van der Waals surface area contributed by atoms with Gasteiger partial charge in [-0.25, -0.2) is 0 Å². The third-order valence-corrected chi connectivity index (χ3v) is 5.42. The number of rotatable bonds is 6. The summed E-state index contributed by atoms with van der Waals surface area (Å²) < 4.78 is 16.8. The van der Waals surface area contributed by atoms with E-state index in [1.54, 1.807) is 14.2 Å². The highest BCUT2D eigenvalue weighted by molar-refractivity contribution is 5.79. The number of nitrogens with zero attached hydrogens (tertiary/aromatic N) is 1. The molecule has 1 unspecified atom stereocenters. The molecule has 1 atom stereocenters. The van der Waals surface area contributed by atoms with Crippen LogP contribution in [0.4, 0.5) is 0 Å². The van der Waals surface area contributed by atoms with E-state index in [2.05, 4.69) is 26.8 Å². The fourth-order valence-corrected chi connectivity index (χ4v) is 3.92. The maximum Gasteiger partial charge on any atom is 0.261 e. The fourth-order valence-electron chi connectivity index (χ4n) is 3.92. The summed E-state index contributed by atoms with van der Waals surface area (Å²) in [7, 11) is 3.28. The van der Waals surface area contributed by atoms with E-state index in [0.717, 1.165) is 47.8 Å². The number of benzene rings is 2. The van der Waals surface area contributed by atoms with Gasteiger partial charge in [0.1, 0.15) is 17.2 Å². The van der Waals surface area contributed by atoms with Gasteiger partial charge in [-0.3, -0.25) is 4.79 Å². The molecule has 1 saturated heterocycles. The lowest BCUT2D eigenvalue weighted by molar-refractivity contribution is -0.134. The molecule has 3 rings (SSSR count). The van der Waals surface area contributed by atoms with Crippen LogP contribution in [0, 0.1) is 0 Å². The Morgan fingerprint density at radius 3 is 2.52 bits per heavy atom. The number of amides is 1.